The van der Waals surface area contributed by atoms with Crippen LogP contribution in [0.4, 0.5) is 0 Å². The number of nitrogens with zero attached hydrogens (tertiary/aromatic N) is 1. The van der Waals surface area contributed by atoms with Gasteiger partial charge >= 0.3 is 0 Å². The molecule has 1 aromatic carbocycles. The van der Waals surface area contributed by atoms with E-state index in [2.05, 4.69) is 11.9 Å². The average molecular weight is 295 g/mol. The predicted octanol–water partition coefficient (Wildman–Crippen LogP) is 4.49. The first-order valence-electron chi connectivity index (χ1n) is 7.37. The van der Waals surface area contributed by atoms with Crippen molar-refractivity contribution in [2.45, 2.75) is 19.8 Å². The third kappa shape index (κ3) is 2.86. The zero-order valence-corrected chi connectivity index (χ0v) is 12.4. The van der Waals surface area contributed by atoms with E-state index in [9.17, 15) is 4.79 Å². The maximum absolute atomic E-state index is 11.1. The minimum atomic E-state index is 0.515. The number of aromatic nitrogens is 1. The lowest BCUT2D eigenvalue weighted by atomic mass is 10.1. The van der Waals surface area contributed by atoms with E-state index >= 15 is 0 Å². The first kappa shape index (κ1) is 14.3. The molecular formula is C18H17NO3. The molecule has 3 aromatic rings. The van der Waals surface area contributed by atoms with Crippen molar-refractivity contribution in [2.24, 2.45) is 0 Å². The van der Waals surface area contributed by atoms with E-state index in [4.69, 9.17) is 9.15 Å². The zero-order chi connectivity index (χ0) is 15.4. The molecule has 22 heavy (non-hydrogen) atoms. The number of hydrogen-bond acceptors (Lipinski definition) is 4. The van der Waals surface area contributed by atoms with Gasteiger partial charge in [0.1, 0.15) is 17.1 Å². The standard InChI is InChI=1S/C18H17NO3/c1-2-3-8-21-15-4-5-17-13(9-15)10-18(22-17)16-6-7-19-11-14(16)12-20/h4-7,9-12H,2-3,8H2,1H3. The lowest BCUT2D eigenvalue weighted by molar-refractivity contribution is 0.112. The van der Waals surface area contributed by atoms with Crippen molar-refractivity contribution in [1.82, 2.24) is 4.98 Å². The smallest absolute Gasteiger partial charge is 0.152 e. The summed E-state index contributed by atoms with van der Waals surface area (Å²) in [7, 11) is 0. The Morgan fingerprint density at radius 2 is 2.18 bits per heavy atom. The van der Waals surface area contributed by atoms with E-state index < -0.39 is 0 Å². The molecule has 0 radical (unpaired) electrons. The van der Waals surface area contributed by atoms with Crippen molar-refractivity contribution in [3.8, 4) is 17.1 Å². The number of unbranched alkanes of at least 4 members (excludes halogenated alkanes) is 1. The van der Waals surface area contributed by atoms with Crippen molar-refractivity contribution in [3.05, 3.63) is 48.3 Å². The number of pyridine rings is 1. The van der Waals surface area contributed by atoms with Gasteiger partial charge in [0.05, 0.1) is 6.61 Å². The normalized spacial score (nSPS) is 10.8. The highest BCUT2D eigenvalue weighted by molar-refractivity contribution is 5.90. The Morgan fingerprint density at radius 1 is 1.27 bits per heavy atom. The van der Waals surface area contributed by atoms with Gasteiger partial charge in [-0.15, -0.1) is 0 Å². The van der Waals surface area contributed by atoms with Crippen molar-refractivity contribution in [3.63, 3.8) is 0 Å². The maximum atomic E-state index is 11.1. The average Bonchev–Trinajstić information content (AvgIpc) is 2.98. The summed E-state index contributed by atoms with van der Waals surface area (Å²) in [5.74, 6) is 1.49. The van der Waals surface area contributed by atoms with E-state index in [1.54, 1.807) is 12.3 Å². The van der Waals surface area contributed by atoms with Crippen LogP contribution >= 0.6 is 0 Å². The topological polar surface area (TPSA) is 52.3 Å². The molecule has 0 amide bonds. The fourth-order valence-electron chi connectivity index (χ4n) is 2.30. The van der Waals surface area contributed by atoms with Crippen molar-refractivity contribution in [2.75, 3.05) is 6.61 Å². The molecule has 112 valence electrons. The van der Waals surface area contributed by atoms with Crippen LogP contribution in [0.15, 0.2) is 47.1 Å². The molecule has 2 aromatic heterocycles. The van der Waals surface area contributed by atoms with Crippen LogP contribution in [-0.2, 0) is 0 Å². The molecule has 0 saturated carbocycles. The number of carbonyl (C=O) groups is 1. The number of benzene rings is 1. The Balaban J connectivity index is 1.94. The van der Waals surface area contributed by atoms with Crippen LogP contribution in [0, 0.1) is 0 Å². The number of fused-ring (bicyclic) bond motifs is 1. The fraction of sp³-hybridized carbons (Fsp3) is 0.222. The summed E-state index contributed by atoms with van der Waals surface area (Å²) in [4.78, 5) is 15.1. The Hall–Kier alpha value is -2.62. The lowest BCUT2D eigenvalue weighted by Crippen LogP contribution is -1.95. The van der Waals surface area contributed by atoms with Gasteiger partial charge in [-0.05, 0) is 36.8 Å². The molecule has 0 aliphatic heterocycles. The molecule has 3 rings (SSSR count). The number of aldehydes is 1. The molecule has 0 bridgehead atoms. The van der Waals surface area contributed by atoms with Crippen molar-refractivity contribution < 1.29 is 13.9 Å². The first-order chi connectivity index (χ1) is 10.8. The molecule has 0 aliphatic rings. The third-order valence-electron chi connectivity index (χ3n) is 3.50. The van der Waals surface area contributed by atoms with E-state index in [0.29, 0.717) is 17.9 Å². The maximum Gasteiger partial charge on any atom is 0.152 e. The highest BCUT2D eigenvalue weighted by Gasteiger charge is 2.11. The number of furan rings is 1. The number of rotatable bonds is 6. The van der Waals surface area contributed by atoms with Gasteiger partial charge in [-0.1, -0.05) is 13.3 Å². The van der Waals surface area contributed by atoms with Gasteiger partial charge in [0, 0.05) is 28.9 Å². The molecule has 2 heterocycles. The summed E-state index contributed by atoms with van der Waals surface area (Å²) in [5, 5.41) is 0.956. The van der Waals surface area contributed by atoms with Crippen LogP contribution in [0.1, 0.15) is 30.1 Å². The second-order valence-corrected chi connectivity index (χ2v) is 5.09. The first-order valence-corrected chi connectivity index (χ1v) is 7.37. The van der Waals surface area contributed by atoms with Gasteiger partial charge in [0.2, 0.25) is 0 Å². The summed E-state index contributed by atoms with van der Waals surface area (Å²) < 4.78 is 11.5. The molecule has 0 spiro atoms. The summed E-state index contributed by atoms with van der Waals surface area (Å²) in [6, 6.07) is 9.45. The number of carbonyl (C=O) groups excluding carboxylic acids is 1. The Kier molecular flexibility index (Phi) is 4.19. The van der Waals surface area contributed by atoms with Gasteiger partial charge < -0.3 is 9.15 Å². The molecule has 0 atom stereocenters. The highest BCUT2D eigenvalue weighted by atomic mass is 16.5. The molecule has 0 saturated heterocycles. The summed E-state index contributed by atoms with van der Waals surface area (Å²) in [5.41, 5.74) is 2.03. The van der Waals surface area contributed by atoms with E-state index in [1.807, 2.05) is 24.3 Å². The van der Waals surface area contributed by atoms with Crippen LogP contribution in [0.5, 0.6) is 5.75 Å². The van der Waals surface area contributed by atoms with Crippen LogP contribution in [-0.4, -0.2) is 17.9 Å². The molecular weight excluding hydrogens is 278 g/mol. The molecule has 0 aliphatic carbocycles. The second kappa shape index (κ2) is 6.43. The quantitative estimate of drug-likeness (QED) is 0.497. The largest absolute Gasteiger partial charge is 0.494 e. The number of hydrogen-bond donors (Lipinski definition) is 0. The molecule has 0 unspecified atom stereocenters. The Morgan fingerprint density at radius 3 is 3.00 bits per heavy atom. The van der Waals surface area contributed by atoms with Crippen LogP contribution < -0.4 is 4.74 Å². The number of ether oxygens (including phenoxy) is 1. The van der Waals surface area contributed by atoms with Gasteiger partial charge in [0.15, 0.2) is 6.29 Å². The zero-order valence-electron chi connectivity index (χ0n) is 12.4. The van der Waals surface area contributed by atoms with Crippen LogP contribution in [0.2, 0.25) is 0 Å². The minimum absolute atomic E-state index is 0.515. The van der Waals surface area contributed by atoms with Crippen LogP contribution in [0.3, 0.4) is 0 Å². The monoisotopic (exact) mass is 295 g/mol. The summed E-state index contributed by atoms with van der Waals surface area (Å²) >= 11 is 0. The van der Waals surface area contributed by atoms with Gasteiger partial charge in [-0.3, -0.25) is 9.78 Å². The second-order valence-electron chi connectivity index (χ2n) is 5.09. The molecule has 0 fully saturated rings. The van der Waals surface area contributed by atoms with Gasteiger partial charge in [-0.2, -0.15) is 0 Å². The SMILES string of the molecule is CCCCOc1ccc2oc(-c3ccncc3C=O)cc2c1. The van der Waals surface area contributed by atoms with Crippen LogP contribution in [0.25, 0.3) is 22.3 Å². The third-order valence-corrected chi connectivity index (χ3v) is 3.50. The van der Waals surface area contributed by atoms with E-state index in [1.165, 1.54) is 6.20 Å². The fourth-order valence-corrected chi connectivity index (χ4v) is 2.30. The lowest BCUT2D eigenvalue weighted by Gasteiger charge is -2.04. The molecule has 0 N–H and O–H groups in total. The summed E-state index contributed by atoms with van der Waals surface area (Å²) in [6.07, 6.45) is 6.11. The summed E-state index contributed by atoms with van der Waals surface area (Å²) in [6.45, 7) is 2.85. The predicted molar refractivity (Wildman–Crippen MR) is 85.2 cm³/mol. The Bertz CT molecular complexity index is 792. The van der Waals surface area contributed by atoms with Gasteiger partial charge in [-0.25, -0.2) is 0 Å². The highest BCUT2D eigenvalue weighted by Crippen LogP contribution is 2.31. The minimum Gasteiger partial charge on any atom is -0.494 e. The van der Waals surface area contributed by atoms with Gasteiger partial charge in [0.25, 0.3) is 0 Å². The van der Waals surface area contributed by atoms with Crippen molar-refractivity contribution in [1.29, 1.82) is 0 Å². The van der Waals surface area contributed by atoms with Crippen molar-refractivity contribution >= 4 is 17.3 Å². The van der Waals surface area contributed by atoms with E-state index in [0.717, 1.165) is 41.4 Å². The molecule has 4 heteroatoms. The van der Waals surface area contributed by atoms with E-state index in [-0.39, 0.29) is 0 Å². The Labute approximate surface area is 128 Å². The molecule has 4 nitrogen and oxygen atoms in total.